The van der Waals surface area contributed by atoms with E-state index in [0.29, 0.717) is 25.3 Å². The summed E-state index contributed by atoms with van der Waals surface area (Å²) in [5.41, 5.74) is 3.77. The molecule has 0 saturated carbocycles. The van der Waals surface area contributed by atoms with E-state index >= 15 is 0 Å². The number of benzene rings is 1. The largest absolute Gasteiger partial charge is 0.460 e. The number of carbonyl (C=O) groups is 1. The van der Waals surface area contributed by atoms with Gasteiger partial charge in [-0.05, 0) is 43.7 Å². The number of nitrogens with zero attached hydrogens (tertiary/aromatic N) is 4. The van der Waals surface area contributed by atoms with Crippen molar-refractivity contribution in [2.75, 3.05) is 6.61 Å². The van der Waals surface area contributed by atoms with Gasteiger partial charge in [-0.1, -0.05) is 12.1 Å². The Morgan fingerprint density at radius 3 is 2.62 bits per heavy atom. The van der Waals surface area contributed by atoms with Gasteiger partial charge in [0.25, 0.3) is 0 Å². The molecule has 0 fully saturated rings. The third kappa shape index (κ3) is 3.90. The van der Waals surface area contributed by atoms with Gasteiger partial charge in [-0.3, -0.25) is 9.36 Å². The molecule has 2 heterocycles. The van der Waals surface area contributed by atoms with Crippen LogP contribution in [0.25, 0.3) is 0 Å². The summed E-state index contributed by atoms with van der Waals surface area (Å²) in [6, 6.07) is 11.3. The second-order valence-electron chi connectivity index (χ2n) is 5.69. The van der Waals surface area contributed by atoms with E-state index in [4.69, 9.17) is 4.74 Å². The zero-order chi connectivity index (χ0) is 16.9. The zero-order valence-electron chi connectivity index (χ0n) is 13.8. The van der Waals surface area contributed by atoms with Crippen LogP contribution in [-0.4, -0.2) is 32.1 Å². The Hall–Kier alpha value is -2.89. The van der Waals surface area contributed by atoms with Crippen LogP contribution in [0.3, 0.4) is 0 Å². The van der Waals surface area contributed by atoms with Crippen LogP contribution < -0.4 is 0 Å². The van der Waals surface area contributed by atoms with Crippen molar-refractivity contribution in [3.8, 4) is 0 Å². The Labute approximate surface area is 140 Å². The number of carbonyl (C=O) groups excluding carboxylic acids is 1. The van der Waals surface area contributed by atoms with E-state index in [1.165, 1.54) is 0 Å². The molecule has 0 aliphatic rings. The number of ether oxygens (including phenoxy) is 1. The van der Waals surface area contributed by atoms with E-state index < -0.39 is 0 Å². The van der Waals surface area contributed by atoms with E-state index in [1.54, 1.807) is 23.0 Å². The highest BCUT2D eigenvalue weighted by molar-refractivity contribution is 5.89. The van der Waals surface area contributed by atoms with Crippen molar-refractivity contribution in [3.05, 3.63) is 71.3 Å². The van der Waals surface area contributed by atoms with Crippen molar-refractivity contribution in [1.29, 1.82) is 0 Å². The summed E-state index contributed by atoms with van der Waals surface area (Å²) in [5, 5.41) is 8.51. The molecule has 0 bridgehead atoms. The van der Waals surface area contributed by atoms with Gasteiger partial charge in [-0.25, -0.2) is 4.79 Å². The predicted molar refractivity (Wildman–Crippen MR) is 89.8 cm³/mol. The lowest BCUT2D eigenvalue weighted by atomic mass is 10.1. The number of hydrogen-bond donors (Lipinski definition) is 0. The minimum Gasteiger partial charge on any atom is -0.460 e. The lowest BCUT2D eigenvalue weighted by Crippen LogP contribution is -2.12. The molecule has 0 amide bonds. The van der Waals surface area contributed by atoms with Crippen LogP contribution in [-0.2, 0) is 17.8 Å². The summed E-state index contributed by atoms with van der Waals surface area (Å²) in [6.45, 7) is 5.55. The number of aromatic nitrogens is 4. The maximum absolute atomic E-state index is 12.0. The summed E-state index contributed by atoms with van der Waals surface area (Å²) in [7, 11) is 0. The molecule has 0 aliphatic heterocycles. The molecule has 2 aromatic heterocycles. The Morgan fingerprint density at radius 1 is 1.21 bits per heavy atom. The molecule has 124 valence electrons. The Kier molecular flexibility index (Phi) is 4.74. The van der Waals surface area contributed by atoms with Crippen molar-refractivity contribution in [1.82, 2.24) is 19.6 Å². The smallest absolute Gasteiger partial charge is 0.338 e. The molecule has 1 aromatic carbocycles. The number of esters is 1. The summed E-state index contributed by atoms with van der Waals surface area (Å²) >= 11 is 0. The van der Waals surface area contributed by atoms with Gasteiger partial charge in [0.2, 0.25) is 0 Å². The molecule has 0 spiro atoms. The maximum Gasteiger partial charge on any atom is 0.338 e. The molecule has 0 atom stereocenters. The number of aryl methyl sites for hydroxylation is 2. The van der Waals surface area contributed by atoms with Gasteiger partial charge in [-0.2, -0.15) is 10.2 Å². The summed E-state index contributed by atoms with van der Waals surface area (Å²) in [4.78, 5) is 12.0. The third-order valence-electron chi connectivity index (χ3n) is 3.74. The van der Waals surface area contributed by atoms with Crippen LogP contribution in [0.1, 0.15) is 27.3 Å². The first-order valence-electron chi connectivity index (χ1n) is 7.86. The number of hydrogen-bond acceptors (Lipinski definition) is 4. The van der Waals surface area contributed by atoms with Crippen LogP contribution in [0.4, 0.5) is 0 Å². The lowest BCUT2D eigenvalue weighted by Gasteiger charge is -2.07. The first-order chi connectivity index (χ1) is 11.6. The SMILES string of the molecule is Cc1cc(C)n(Cc2ccc(C(=O)OCCn3cccn3)cc2)n1. The van der Waals surface area contributed by atoms with Crippen molar-refractivity contribution in [2.45, 2.75) is 26.9 Å². The molecule has 3 aromatic rings. The molecule has 24 heavy (non-hydrogen) atoms. The molecular formula is C18H20N4O2. The molecule has 0 N–H and O–H groups in total. The first-order valence-corrected chi connectivity index (χ1v) is 7.86. The normalized spacial score (nSPS) is 10.8. The molecule has 6 heteroatoms. The minimum atomic E-state index is -0.320. The molecule has 0 aliphatic carbocycles. The van der Waals surface area contributed by atoms with Crippen LogP contribution in [0.2, 0.25) is 0 Å². The average Bonchev–Trinajstić information content (AvgIpc) is 3.18. The molecule has 6 nitrogen and oxygen atoms in total. The Morgan fingerprint density at radius 2 is 2.00 bits per heavy atom. The quantitative estimate of drug-likeness (QED) is 0.654. The van der Waals surface area contributed by atoms with Crippen molar-refractivity contribution in [3.63, 3.8) is 0 Å². The highest BCUT2D eigenvalue weighted by Gasteiger charge is 2.08. The van der Waals surface area contributed by atoms with Gasteiger partial charge in [0.05, 0.1) is 24.3 Å². The van der Waals surface area contributed by atoms with Gasteiger partial charge < -0.3 is 4.74 Å². The van der Waals surface area contributed by atoms with Gasteiger partial charge in [0.1, 0.15) is 6.61 Å². The van der Waals surface area contributed by atoms with Crippen LogP contribution in [0.15, 0.2) is 48.8 Å². The van der Waals surface area contributed by atoms with Gasteiger partial charge in [0, 0.05) is 18.1 Å². The van der Waals surface area contributed by atoms with E-state index in [9.17, 15) is 4.79 Å². The van der Waals surface area contributed by atoms with Crippen LogP contribution in [0.5, 0.6) is 0 Å². The highest BCUT2D eigenvalue weighted by atomic mass is 16.5. The molecule has 0 saturated heterocycles. The fourth-order valence-electron chi connectivity index (χ4n) is 2.50. The van der Waals surface area contributed by atoms with Crippen molar-refractivity contribution in [2.24, 2.45) is 0 Å². The van der Waals surface area contributed by atoms with E-state index in [-0.39, 0.29) is 5.97 Å². The average molecular weight is 324 g/mol. The Balaban J connectivity index is 1.55. The fourth-order valence-corrected chi connectivity index (χ4v) is 2.50. The number of rotatable bonds is 6. The standard InChI is InChI=1S/C18H20N4O2/c1-14-12-15(2)22(20-14)13-16-4-6-17(7-5-16)18(23)24-11-10-21-9-3-8-19-21/h3-9,12H,10-11,13H2,1-2H3. The third-order valence-corrected chi connectivity index (χ3v) is 3.74. The second-order valence-corrected chi connectivity index (χ2v) is 5.69. The molecule has 3 rings (SSSR count). The van der Waals surface area contributed by atoms with E-state index in [2.05, 4.69) is 10.2 Å². The van der Waals surface area contributed by atoms with E-state index in [0.717, 1.165) is 17.0 Å². The summed E-state index contributed by atoms with van der Waals surface area (Å²) in [6.07, 6.45) is 3.53. The van der Waals surface area contributed by atoms with Gasteiger partial charge >= 0.3 is 5.97 Å². The zero-order valence-corrected chi connectivity index (χ0v) is 13.8. The monoisotopic (exact) mass is 324 g/mol. The summed E-state index contributed by atoms with van der Waals surface area (Å²) < 4.78 is 8.94. The van der Waals surface area contributed by atoms with Crippen molar-refractivity contribution < 1.29 is 9.53 Å². The molecule has 0 unspecified atom stereocenters. The molecule has 0 radical (unpaired) electrons. The first kappa shape index (κ1) is 16.0. The topological polar surface area (TPSA) is 61.9 Å². The fraction of sp³-hybridized carbons (Fsp3) is 0.278. The van der Waals surface area contributed by atoms with Crippen LogP contribution >= 0.6 is 0 Å². The lowest BCUT2D eigenvalue weighted by molar-refractivity contribution is 0.0487. The van der Waals surface area contributed by atoms with Crippen molar-refractivity contribution >= 4 is 5.97 Å². The predicted octanol–water partition coefficient (Wildman–Crippen LogP) is 2.60. The highest BCUT2D eigenvalue weighted by Crippen LogP contribution is 2.10. The summed E-state index contributed by atoms with van der Waals surface area (Å²) in [5.74, 6) is -0.320. The van der Waals surface area contributed by atoms with Gasteiger partial charge in [-0.15, -0.1) is 0 Å². The van der Waals surface area contributed by atoms with Crippen LogP contribution in [0, 0.1) is 13.8 Å². The van der Waals surface area contributed by atoms with Gasteiger partial charge in [0.15, 0.2) is 0 Å². The minimum absolute atomic E-state index is 0.300. The maximum atomic E-state index is 12.0. The second kappa shape index (κ2) is 7.12. The molecular weight excluding hydrogens is 304 g/mol. The van der Waals surface area contributed by atoms with E-state index in [1.807, 2.05) is 49.0 Å². The Bertz CT molecular complexity index is 804.